The molecule has 3 aromatic rings. The van der Waals surface area contributed by atoms with E-state index in [0.717, 1.165) is 17.8 Å². The summed E-state index contributed by atoms with van der Waals surface area (Å²) in [7, 11) is -4.21. The molecular weight excluding hydrogens is 403 g/mol. The summed E-state index contributed by atoms with van der Waals surface area (Å²) < 4.78 is 65.8. The molecule has 0 N–H and O–H groups in total. The zero-order valence-corrected chi connectivity index (χ0v) is 17.9. The third-order valence-corrected chi connectivity index (χ3v) is 5.41. The topological polar surface area (TPSA) is 52.0 Å². The number of nitrogens with zero attached hydrogens (tertiary/aromatic N) is 2. The number of benzene rings is 1. The van der Waals surface area contributed by atoms with Crippen LogP contribution in [0.2, 0.25) is 5.02 Å². The van der Waals surface area contributed by atoms with Crippen LogP contribution in [-0.2, 0) is 10.0 Å². The second kappa shape index (κ2) is 7.34. The summed E-state index contributed by atoms with van der Waals surface area (Å²) in [5, 5.41) is -0.347. The van der Waals surface area contributed by atoms with Gasteiger partial charge in [0, 0.05) is 6.20 Å². The molecule has 0 aliphatic carbocycles. The first-order chi connectivity index (χ1) is 11.1. The zero-order chi connectivity index (χ0) is 17.7. The number of hydrogen-bond donors (Lipinski definition) is 0. The predicted molar refractivity (Wildman–Crippen MR) is 87.2 cm³/mol. The molecule has 0 atom stereocenters. The summed E-state index contributed by atoms with van der Waals surface area (Å²) in [5.74, 6) is 0. The Morgan fingerprint density at radius 2 is 1.76 bits per heavy atom. The predicted octanol–water partition coefficient (Wildman–Crippen LogP) is 0.294. The Labute approximate surface area is 189 Å². The van der Waals surface area contributed by atoms with Gasteiger partial charge < -0.3 is 12.9 Å². The molecule has 0 saturated carbocycles. The molecule has 0 amide bonds. The molecule has 2 aromatic heterocycles. The van der Waals surface area contributed by atoms with Crippen molar-refractivity contribution in [3.63, 3.8) is 0 Å². The van der Waals surface area contributed by atoms with E-state index >= 15 is 0 Å². The summed E-state index contributed by atoms with van der Waals surface area (Å²) in [5.41, 5.74) is -0.527. The fourth-order valence-corrected chi connectivity index (χ4v) is 3.84. The molecule has 0 bridgehead atoms. The van der Waals surface area contributed by atoms with Crippen LogP contribution < -0.4 is 56.8 Å². The maximum Gasteiger partial charge on any atom is 1.00 e. The van der Waals surface area contributed by atoms with Crippen molar-refractivity contribution in [1.29, 1.82) is 0 Å². The zero-order valence-electron chi connectivity index (χ0n) is 13.2. The van der Waals surface area contributed by atoms with Gasteiger partial charge in [-0.25, -0.2) is 17.4 Å². The van der Waals surface area contributed by atoms with Crippen LogP contribution in [0.15, 0.2) is 47.6 Å². The van der Waals surface area contributed by atoms with E-state index in [2.05, 4.69) is 4.98 Å². The van der Waals surface area contributed by atoms with Gasteiger partial charge in [-0.15, -0.1) is 0 Å². The van der Waals surface area contributed by atoms with Crippen molar-refractivity contribution >= 4 is 45.1 Å². The smallest absolute Gasteiger partial charge is 0.445 e. The molecule has 11 heteroatoms. The Morgan fingerprint density at radius 1 is 1.16 bits per heavy atom. The molecule has 0 spiro atoms. The van der Waals surface area contributed by atoms with Gasteiger partial charge in [0.2, 0.25) is 0 Å². The molecule has 0 radical (unpaired) electrons. The normalized spacial score (nSPS) is 12.2. The Kier molecular flexibility index (Phi) is 6.15. The first kappa shape index (κ1) is 20.9. The number of aromatic nitrogens is 2. The number of aryl methyl sites for hydroxylation is 1. The largest absolute Gasteiger partial charge is 1.00 e. The number of halogens is 4. The summed E-state index contributed by atoms with van der Waals surface area (Å²) in [6, 6.07) is 6.88. The fraction of sp³-hybridized carbons (Fsp3) is 0.0714. The van der Waals surface area contributed by atoms with Gasteiger partial charge in [0.25, 0.3) is 10.0 Å². The average molecular weight is 413 g/mol. The van der Waals surface area contributed by atoms with E-state index in [-0.39, 0.29) is 72.3 Å². The van der Waals surface area contributed by atoms with E-state index in [4.69, 9.17) is 11.6 Å². The molecule has 1 aromatic carbocycles. The van der Waals surface area contributed by atoms with Gasteiger partial charge in [-0.2, -0.15) is 0 Å². The second-order valence-electron chi connectivity index (χ2n) is 5.30. The fourth-order valence-electron chi connectivity index (χ4n) is 2.34. The van der Waals surface area contributed by atoms with Gasteiger partial charge in [-0.1, -0.05) is 34.8 Å². The molecule has 0 fully saturated rings. The van der Waals surface area contributed by atoms with E-state index in [0.29, 0.717) is 10.2 Å². The van der Waals surface area contributed by atoms with E-state index in [9.17, 15) is 21.4 Å². The second-order valence-corrected chi connectivity index (χ2v) is 7.55. The number of hydrogen-bond acceptors (Lipinski definition) is 3. The number of fused-ring (bicyclic) bond motifs is 1. The van der Waals surface area contributed by atoms with Crippen molar-refractivity contribution in [2.75, 3.05) is 0 Å². The monoisotopic (exact) mass is 412 g/mol. The Balaban J connectivity index is 0.00000225. The average Bonchev–Trinajstić information content (AvgIpc) is 2.87. The van der Waals surface area contributed by atoms with Gasteiger partial charge in [0.1, 0.15) is 0 Å². The molecule has 0 saturated heterocycles. The number of rotatable bonds is 3. The maximum atomic E-state index is 13.3. The van der Waals surface area contributed by atoms with Crippen LogP contribution in [0.1, 0.15) is 5.56 Å². The first-order valence-electron chi connectivity index (χ1n) is 6.79. The summed E-state index contributed by atoms with van der Waals surface area (Å²) >= 11 is 5.72. The first-order valence-corrected chi connectivity index (χ1v) is 8.61. The van der Waals surface area contributed by atoms with Crippen molar-refractivity contribution in [3.8, 4) is 0 Å². The summed E-state index contributed by atoms with van der Waals surface area (Å²) in [4.78, 5) is 3.66. The SMILES string of the molecule is Cc1ccc(S(=O)(=O)n2cc([B-](F)(F)F)c3cc(Cl)cnc32)cc1.[K+]. The Morgan fingerprint density at radius 3 is 2.32 bits per heavy atom. The third-order valence-electron chi connectivity index (χ3n) is 3.54. The van der Waals surface area contributed by atoms with Crippen LogP contribution in [0.25, 0.3) is 11.0 Å². The van der Waals surface area contributed by atoms with Crippen molar-refractivity contribution in [1.82, 2.24) is 8.96 Å². The Hall–Kier alpha value is -0.359. The number of pyridine rings is 1. The molecule has 4 nitrogen and oxygen atoms in total. The molecule has 126 valence electrons. The van der Waals surface area contributed by atoms with Crippen LogP contribution in [-0.4, -0.2) is 24.4 Å². The third kappa shape index (κ3) is 4.00. The van der Waals surface area contributed by atoms with Gasteiger partial charge in [0.15, 0.2) is 5.65 Å². The minimum atomic E-state index is -5.43. The molecule has 0 aliphatic rings. The van der Waals surface area contributed by atoms with Gasteiger partial charge in [-0.05, 0) is 36.7 Å². The van der Waals surface area contributed by atoms with E-state index in [1.54, 1.807) is 19.1 Å². The quantitative estimate of drug-likeness (QED) is 0.581. The van der Waals surface area contributed by atoms with Gasteiger partial charge in [-0.3, -0.25) is 0 Å². The molecule has 0 unspecified atom stereocenters. The van der Waals surface area contributed by atoms with Crippen molar-refractivity contribution in [2.24, 2.45) is 0 Å². The van der Waals surface area contributed by atoms with Crippen LogP contribution in [0.3, 0.4) is 0 Å². The summed E-state index contributed by atoms with van der Waals surface area (Å²) in [6.45, 7) is -3.66. The van der Waals surface area contributed by atoms with E-state index in [1.165, 1.54) is 12.1 Å². The van der Waals surface area contributed by atoms with Crippen molar-refractivity contribution in [3.05, 3.63) is 53.3 Å². The van der Waals surface area contributed by atoms with Crippen molar-refractivity contribution in [2.45, 2.75) is 11.8 Å². The van der Waals surface area contributed by atoms with Crippen LogP contribution in [0, 0.1) is 6.92 Å². The van der Waals surface area contributed by atoms with Crippen LogP contribution in [0.4, 0.5) is 12.9 Å². The standard InChI is InChI=1S/C14H10BClF3N2O2S.K/c1-9-2-4-11(5-3-9)24(22,23)21-8-13(15(17,18)19)12-6-10(16)7-20-14(12)21;/h2-8H,1H3;/q-1;+1. The molecular formula is C14H10BClF3KN2O2S. The molecule has 3 rings (SSSR count). The maximum absolute atomic E-state index is 13.3. The van der Waals surface area contributed by atoms with E-state index in [1.807, 2.05) is 0 Å². The minimum Gasteiger partial charge on any atom is -0.445 e. The van der Waals surface area contributed by atoms with Gasteiger partial charge >= 0.3 is 58.4 Å². The van der Waals surface area contributed by atoms with Crippen molar-refractivity contribution < 1.29 is 72.7 Å². The van der Waals surface area contributed by atoms with Gasteiger partial charge in [0.05, 0.1) is 9.92 Å². The van der Waals surface area contributed by atoms with Crippen LogP contribution >= 0.6 is 11.6 Å². The minimum absolute atomic E-state index is 0. The van der Waals surface area contributed by atoms with E-state index < -0.39 is 22.5 Å². The Bertz CT molecular complexity index is 1040. The molecule has 0 aliphatic heterocycles. The molecule has 2 heterocycles. The van der Waals surface area contributed by atoms with Crippen LogP contribution in [0.5, 0.6) is 0 Å². The summed E-state index contributed by atoms with van der Waals surface area (Å²) in [6.07, 6.45) is 1.67. The molecule has 25 heavy (non-hydrogen) atoms.